The Morgan fingerprint density at radius 1 is 1.50 bits per heavy atom. The van der Waals surface area contributed by atoms with Crippen molar-refractivity contribution in [1.29, 1.82) is 0 Å². The number of likely N-dealkylation sites (tertiary alicyclic amines) is 1. The van der Waals surface area contributed by atoms with Crippen LogP contribution in [0.5, 0.6) is 5.88 Å². The van der Waals surface area contributed by atoms with E-state index in [-0.39, 0.29) is 5.91 Å². The molecule has 16 heavy (non-hydrogen) atoms. The van der Waals surface area contributed by atoms with E-state index >= 15 is 0 Å². The predicted molar refractivity (Wildman–Crippen MR) is 63.6 cm³/mol. The highest BCUT2D eigenvalue weighted by molar-refractivity contribution is 9.10. The first-order valence-corrected chi connectivity index (χ1v) is 6.00. The van der Waals surface area contributed by atoms with Gasteiger partial charge in [0.1, 0.15) is 0 Å². The summed E-state index contributed by atoms with van der Waals surface area (Å²) >= 11 is 3.33. The third-order valence-corrected chi connectivity index (χ3v) is 3.21. The Labute approximate surface area is 103 Å². The summed E-state index contributed by atoms with van der Waals surface area (Å²) in [5, 5.41) is 0. The summed E-state index contributed by atoms with van der Waals surface area (Å²) < 4.78 is 5.73. The molecule has 0 radical (unpaired) electrons. The molecule has 1 aliphatic rings. The molecule has 0 aromatic carbocycles. The average Bonchev–Trinajstić information content (AvgIpc) is 2.81. The minimum Gasteiger partial charge on any atom is -0.480 e. The molecule has 0 saturated carbocycles. The lowest BCUT2D eigenvalue weighted by Crippen LogP contribution is -2.27. The van der Waals surface area contributed by atoms with E-state index in [9.17, 15) is 4.79 Å². The number of nitrogens with zero attached hydrogens (tertiary/aromatic N) is 2. The molecule has 0 unspecified atom stereocenters. The van der Waals surface area contributed by atoms with Gasteiger partial charge in [0.15, 0.2) is 0 Å². The smallest absolute Gasteiger partial charge is 0.255 e. The summed E-state index contributed by atoms with van der Waals surface area (Å²) in [4.78, 5) is 18.0. The summed E-state index contributed by atoms with van der Waals surface area (Å²) in [6, 6.07) is 1.76. The zero-order chi connectivity index (χ0) is 11.5. The van der Waals surface area contributed by atoms with Crippen LogP contribution in [0.2, 0.25) is 0 Å². The molecule has 2 heterocycles. The molecule has 86 valence electrons. The van der Waals surface area contributed by atoms with Crippen LogP contribution in [0.25, 0.3) is 0 Å². The number of ether oxygens (including phenoxy) is 1. The summed E-state index contributed by atoms with van der Waals surface area (Å²) in [6.07, 6.45) is 3.75. The second-order valence-electron chi connectivity index (χ2n) is 3.71. The van der Waals surface area contributed by atoms with Gasteiger partial charge in [-0.25, -0.2) is 4.98 Å². The van der Waals surface area contributed by atoms with E-state index in [0.29, 0.717) is 15.9 Å². The maximum Gasteiger partial charge on any atom is 0.255 e. The molecule has 2 rings (SSSR count). The number of carbonyl (C=O) groups is 1. The van der Waals surface area contributed by atoms with Crippen LogP contribution in [0.4, 0.5) is 0 Å². The molecular formula is C11H13BrN2O2. The number of pyridine rings is 1. The number of amides is 1. The number of rotatable bonds is 2. The fourth-order valence-electron chi connectivity index (χ4n) is 1.80. The lowest BCUT2D eigenvalue weighted by molar-refractivity contribution is 0.0792. The first-order valence-electron chi connectivity index (χ1n) is 5.21. The minimum absolute atomic E-state index is 0.0494. The van der Waals surface area contributed by atoms with E-state index in [1.807, 2.05) is 4.90 Å². The fraction of sp³-hybridized carbons (Fsp3) is 0.455. The van der Waals surface area contributed by atoms with Gasteiger partial charge in [-0.3, -0.25) is 4.79 Å². The Balaban J connectivity index is 2.20. The molecule has 1 aliphatic heterocycles. The van der Waals surface area contributed by atoms with Gasteiger partial charge in [-0.1, -0.05) is 0 Å². The van der Waals surface area contributed by atoms with Crippen molar-refractivity contribution in [3.8, 4) is 5.88 Å². The molecule has 1 aromatic rings. The number of aromatic nitrogens is 1. The van der Waals surface area contributed by atoms with Crippen LogP contribution in [-0.4, -0.2) is 36.0 Å². The van der Waals surface area contributed by atoms with Gasteiger partial charge in [-0.05, 0) is 34.8 Å². The lowest BCUT2D eigenvalue weighted by Gasteiger charge is -2.15. The number of hydrogen-bond acceptors (Lipinski definition) is 3. The highest BCUT2D eigenvalue weighted by Crippen LogP contribution is 2.23. The summed E-state index contributed by atoms with van der Waals surface area (Å²) in [6.45, 7) is 1.70. The van der Waals surface area contributed by atoms with Crippen molar-refractivity contribution in [3.63, 3.8) is 0 Å². The second kappa shape index (κ2) is 4.82. The first kappa shape index (κ1) is 11.4. The Bertz CT molecular complexity index is 403. The highest BCUT2D eigenvalue weighted by atomic mass is 79.9. The molecule has 4 nitrogen and oxygen atoms in total. The Hall–Kier alpha value is -1.10. The number of halogens is 1. The Kier molecular flexibility index (Phi) is 3.43. The van der Waals surface area contributed by atoms with Crippen LogP contribution in [0, 0.1) is 0 Å². The topological polar surface area (TPSA) is 42.4 Å². The van der Waals surface area contributed by atoms with Crippen LogP contribution in [0.1, 0.15) is 23.2 Å². The molecule has 0 spiro atoms. The monoisotopic (exact) mass is 284 g/mol. The maximum absolute atomic E-state index is 12.0. The fourth-order valence-corrected chi connectivity index (χ4v) is 2.31. The van der Waals surface area contributed by atoms with Gasteiger partial charge < -0.3 is 9.64 Å². The van der Waals surface area contributed by atoms with E-state index < -0.39 is 0 Å². The largest absolute Gasteiger partial charge is 0.480 e. The maximum atomic E-state index is 12.0. The van der Waals surface area contributed by atoms with Crippen LogP contribution in [-0.2, 0) is 0 Å². The molecule has 1 saturated heterocycles. The van der Waals surface area contributed by atoms with E-state index in [0.717, 1.165) is 25.9 Å². The normalized spacial score (nSPS) is 15.2. The quantitative estimate of drug-likeness (QED) is 0.835. The van der Waals surface area contributed by atoms with E-state index in [4.69, 9.17) is 4.74 Å². The third-order valence-electron chi connectivity index (χ3n) is 2.64. The SMILES string of the molecule is COc1ncc(C(=O)N2CCCC2)cc1Br. The standard InChI is InChI=1S/C11H13BrN2O2/c1-16-10-9(12)6-8(7-13-10)11(15)14-4-2-3-5-14/h6-7H,2-5H2,1H3. The van der Waals surface area contributed by atoms with Crippen molar-refractivity contribution in [3.05, 3.63) is 22.3 Å². The van der Waals surface area contributed by atoms with Gasteiger partial charge >= 0.3 is 0 Å². The van der Waals surface area contributed by atoms with Crippen molar-refractivity contribution in [2.24, 2.45) is 0 Å². The number of hydrogen-bond donors (Lipinski definition) is 0. The molecule has 1 fully saturated rings. The molecule has 1 aromatic heterocycles. The lowest BCUT2D eigenvalue weighted by atomic mass is 10.2. The van der Waals surface area contributed by atoms with E-state index in [2.05, 4.69) is 20.9 Å². The van der Waals surface area contributed by atoms with Crippen LogP contribution in [0.15, 0.2) is 16.7 Å². The summed E-state index contributed by atoms with van der Waals surface area (Å²) in [5.74, 6) is 0.548. The molecular weight excluding hydrogens is 272 g/mol. The summed E-state index contributed by atoms with van der Waals surface area (Å²) in [7, 11) is 1.55. The molecule has 5 heteroatoms. The predicted octanol–water partition coefficient (Wildman–Crippen LogP) is 2.09. The minimum atomic E-state index is 0.0494. The number of carbonyl (C=O) groups excluding carboxylic acids is 1. The second-order valence-corrected chi connectivity index (χ2v) is 4.57. The van der Waals surface area contributed by atoms with Crippen molar-refractivity contribution in [1.82, 2.24) is 9.88 Å². The van der Waals surface area contributed by atoms with Gasteiger partial charge in [0, 0.05) is 19.3 Å². The summed E-state index contributed by atoms with van der Waals surface area (Å²) in [5.41, 5.74) is 0.606. The van der Waals surface area contributed by atoms with Crippen LogP contribution in [0.3, 0.4) is 0 Å². The van der Waals surface area contributed by atoms with Gasteiger partial charge in [-0.15, -0.1) is 0 Å². The van der Waals surface area contributed by atoms with Crippen molar-refractivity contribution >= 4 is 21.8 Å². The first-order chi connectivity index (χ1) is 7.72. The highest BCUT2D eigenvalue weighted by Gasteiger charge is 2.20. The molecule has 0 atom stereocenters. The van der Waals surface area contributed by atoms with Gasteiger partial charge in [0.25, 0.3) is 5.91 Å². The Morgan fingerprint density at radius 3 is 2.75 bits per heavy atom. The van der Waals surface area contributed by atoms with E-state index in [1.54, 1.807) is 19.4 Å². The third kappa shape index (κ3) is 2.19. The van der Waals surface area contributed by atoms with Crippen LogP contribution < -0.4 is 4.74 Å². The number of methoxy groups -OCH3 is 1. The molecule has 0 aliphatic carbocycles. The zero-order valence-electron chi connectivity index (χ0n) is 9.07. The van der Waals surface area contributed by atoms with Crippen molar-refractivity contribution < 1.29 is 9.53 Å². The molecule has 0 N–H and O–H groups in total. The Morgan fingerprint density at radius 2 is 2.19 bits per heavy atom. The van der Waals surface area contributed by atoms with Crippen LogP contribution >= 0.6 is 15.9 Å². The van der Waals surface area contributed by atoms with Gasteiger partial charge in [0.2, 0.25) is 5.88 Å². The van der Waals surface area contributed by atoms with Crippen molar-refractivity contribution in [2.45, 2.75) is 12.8 Å². The molecule has 1 amide bonds. The van der Waals surface area contributed by atoms with Gasteiger partial charge in [0.05, 0.1) is 17.1 Å². The average molecular weight is 285 g/mol. The molecule has 0 bridgehead atoms. The van der Waals surface area contributed by atoms with Gasteiger partial charge in [-0.2, -0.15) is 0 Å². The van der Waals surface area contributed by atoms with Crippen molar-refractivity contribution in [2.75, 3.05) is 20.2 Å². The zero-order valence-corrected chi connectivity index (χ0v) is 10.7. The van der Waals surface area contributed by atoms with E-state index in [1.165, 1.54) is 0 Å².